The minimum absolute atomic E-state index is 0.0858. The van der Waals surface area contributed by atoms with Crippen molar-refractivity contribution in [2.24, 2.45) is 0 Å². The molecule has 2 heterocycles. The van der Waals surface area contributed by atoms with E-state index in [2.05, 4.69) is 10.8 Å². The van der Waals surface area contributed by atoms with Crippen LogP contribution >= 0.6 is 0 Å². The molecule has 2 aromatic heterocycles. The van der Waals surface area contributed by atoms with Crippen molar-refractivity contribution in [2.45, 2.75) is 38.1 Å². The average Bonchev–Trinajstić information content (AvgIpc) is 3.13. The SMILES string of the molecule is O=C(c1ccccc1)n1ccn(C2CCCCC2)ccn2c3ccccc3nc12. The van der Waals surface area contributed by atoms with Gasteiger partial charge >= 0.3 is 0 Å². The smallest absolute Gasteiger partial charge is 0.264 e. The zero-order chi connectivity index (χ0) is 19.6. The van der Waals surface area contributed by atoms with Gasteiger partial charge in [0.15, 0.2) is 0 Å². The monoisotopic (exact) mass is 384 g/mol. The highest BCUT2D eigenvalue weighted by Gasteiger charge is 2.16. The Kier molecular flexibility index (Phi) is 4.64. The van der Waals surface area contributed by atoms with E-state index in [1.165, 1.54) is 32.1 Å². The summed E-state index contributed by atoms with van der Waals surface area (Å²) in [6.45, 7) is 0. The number of para-hydroxylation sites is 2. The molecule has 0 amide bonds. The maximum Gasteiger partial charge on any atom is 0.264 e. The number of fused-ring (bicyclic) bond motifs is 3. The lowest BCUT2D eigenvalue weighted by Gasteiger charge is -2.24. The highest BCUT2D eigenvalue weighted by atomic mass is 16.2. The van der Waals surface area contributed by atoms with Gasteiger partial charge in [0.1, 0.15) is 0 Å². The highest BCUT2D eigenvalue weighted by Crippen LogP contribution is 2.27. The lowest BCUT2D eigenvalue weighted by molar-refractivity contribution is 0.0962. The molecule has 1 aliphatic rings. The molecule has 0 unspecified atom stereocenters. The maximum atomic E-state index is 13.4. The number of nitrogens with zero attached hydrogens (tertiary/aromatic N) is 4. The largest absolute Gasteiger partial charge is 0.348 e. The first kappa shape index (κ1) is 17.7. The Balaban J connectivity index is 1.76. The van der Waals surface area contributed by atoms with Crippen LogP contribution in [0.4, 0.5) is 0 Å². The Bertz CT molecular complexity index is 1210. The second-order valence-corrected chi connectivity index (χ2v) is 7.65. The molecule has 146 valence electrons. The van der Waals surface area contributed by atoms with Gasteiger partial charge in [-0.05, 0) is 37.1 Å². The molecule has 1 aliphatic carbocycles. The highest BCUT2D eigenvalue weighted by molar-refractivity contribution is 5.98. The standard InChI is InChI=1S/C24H24N4O/c29-23(19-9-3-1-4-10-19)28-18-16-26(20-11-5-2-6-12-20)15-17-27-22-14-8-7-13-21(22)25-24(27)28/h1,3-4,7-10,13-18,20H,2,5-6,11-12H2. The van der Waals surface area contributed by atoms with E-state index in [1.54, 1.807) is 4.57 Å². The third kappa shape index (κ3) is 3.33. The van der Waals surface area contributed by atoms with E-state index >= 15 is 0 Å². The minimum Gasteiger partial charge on any atom is -0.348 e. The van der Waals surface area contributed by atoms with E-state index in [9.17, 15) is 4.79 Å². The average molecular weight is 384 g/mol. The van der Waals surface area contributed by atoms with Crippen LogP contribution in [0.1, 0.15) is 48.5 Å². The molecule has 1 fully saturated rings. The van der Waals surface area contributed by atoms with E-state index < -0.39 is 0 Å². The molecule has 0 saturated heterocycles. The van der Waals surface area contributed by atoms with Crippen molar-refractivity contribution >= 4 is 22.7 Å². The lowest BCUT2D eigenvalue weighted by Crippen LogP contribution is -2.16. The third-order valence-corrected chi connectivity index (χ3v) is 5.80. The second-order valence-electron chi connectivity index (χ2n) is 7.65. The van der Waals surface area contributed by atoms with Crippen molar-refractivity contribution in [3.8, 4) is 0 Å². The Hall–Kier alpha value is -3.34. The number of hydrogen-bond acceptors (Lipinski definition) is 2. The molecular formula is C24H24N4O. The van der Waals surface area contributed by atoms with Crippen LogP contribution in [0, 0.1) is 0 Å². The van der Waals surface area contributed by atoms with Gasteiger partial charge in [0, 0.05) is 36.4 Å². The Labute approximate surface area is 169 Å². The van der Waals surface area contributed by atoms with Crippen molar-refractivity contribution in [3.05, 3.63) is 84.9 Å². The quantitative estimate of drug-likeness (QED) is 0.464. The topological polar surface area (TPSA) is 44.2 Å². The summed E-state index contributed by atoms with van der Waals surface area (Å²) in [5.41, 5.74) is 2.51. The Morgan fingerprint density at radius 2 is 1.55 bits per heavy atom. The van der Waals surface area contributed by atoms with Gasteiger partial charge in [-0.15, -0.1) is 0 Å². The fourth-order valence-electron chi connectivity index (χ4n) is 4.25. The Morgan fingerprint density at radius 3 is 2.38 bits per heavy atom. The van der Waals surface area contributed by atoms with Crippen LogP contribution in [-0.2, 0) is 0 Å². The second kappa shape index (κ2) is 7.59. The van der Waals surface area contributed by atoms with Gasteiger partial charge in [0.2, 0.25) is 5.78 Å². The fraction of sp³-hybridized carbons (Fsp3) is 0.250. The minimum atomic E-state index is -0.0858. The first-order chi connectivity index (χ1) is 14.3. The molecule has 0 N–H and O–H groups in total. The molecule has 0 atom stereocenters. The summed E-state index contributed by atoms with van der Waals surface area (Å²) in [4.78, 5) is 18.1. The van der Waals surface area contributed by atoms with Crippen LogP contribution in [0.15, 0.2) is 79.4 Å². The number of carbonyl (C=O) groups excluding carboxylic acids is 1. The van der Waals surface area contributed by atoms with Crippen molar-refractivity contribution in [2.75, 3.05) is 0 Å². The fourth-order valence-corrected chi connectivity index (χ4v) is 4.25. The van der Waals surface area contributed by atoms with Gasteiger partial charge in [-0.25, -0.2) is 4.98 Å². The van der Waals surface area contributed by atoms with Gasteiger partial charge < -0.3 is 4.57 Å². The van der Waals surface area contributed by atoms with Crippen LogP contribution in [0.25, 0.3) is 16.8 Å². The molecule has 2 aromatic carbocycles. The number of rotatable bonds is 2. The van der Waals surface area contributed by atoms with Crippen molar-refractivity contribution in [1.29, 1.82) is 0 Å². The molecule has 5 heteroatoms. The van der Waals surface area contributed by atoms with Crippen LogP contribution in [0.5, 0.6) is 0 Å². The van der Waals surface area contributed by atoms with E-state index in [0.29, 0.717) is 17.4 Å². The van der Waals surface area contributed by atoms with Crippen LogP contribution < -0.4 is 0 Å². The van der Waals surface area contributed by atoms with E-state index in [0.717, 1.165) is 11.0 Å². The predicted molar refractivity (Wildman–Crippen MR) is 115 cm³/mol. The summed E-state index contributed by atoms with van der Waals surface area (Å²) in [6.07, 6.45) is 14.2. The van der Waals surface area contributed by atoms with Gasteiger partial charge in [-0.1, -0.05) is 49.6 Å². The normalized spacial score (nSPS) is 14.9. The Morgan fingerprint density at radius 1 is 0.828 bits per heavy atom. The molecule has 5 rings (SSSR count). The molecule has 29 heavy (non-hydrogen) atoms. The molecule has 0 aliphatic heterocycles. The number of aromatic nitrogens is 4. The van der Waals surface area contributed by atoms with Crippen LogP contribution in [-0.4, -0.2) is 24.4 Å². The summed E-state index contributed by atoms with van der Waals surface area (Å²) in [6, 6.07) is 17.8. The summed E-state index contributed by atoms with van der Waals surface area (Å²) >= 11 is 0. The van der Waals surface area contributed by atoms with Crippen molar-refractivity contribution in [1.82, 2.24) is 18.5 Å². The lowest BCUT2D eigenvalue weighted by atomic mass is 9.95. The first-order valence-corrected chi connectivity index (χ1v) is 10.3. The summed E-state index contributed by atoms with van der Waals surface area (Å²) < 4.78 is 5.92. The van der Waals surface area contributed by atoms with E-state index in [1.807, 2.05) is 77.6 Å². The molecular weight excluding hydrogens is 360 g/mol. The van der Waals surface area contributed by atoms with Gasteiger partial charge in [-0.2, -0.15) is 0 Å². The van der Waals surface area contributed by atoms with Crippen LogP contribution in [0.2, 0.25) is 0 Å². The molecule has 0 radical (unpaired) electrons. The molecule has 4 aromatic rings. The van der Waals surface area contributed by atoms with E-state index in [4.69, 9.17) is 4.98 Å². The van der Waals surface area contributed by atoms with Gasteiger partial charge in [0.25, 0.3) is 5.91 Å². The number of imidazole rings is 1. The van der Waals surface area contributed by atoms with Gasteiger partial charge in [-0.3, -0.25) is 13.8 Å². The van der Waals surface area contributed by atoms with Crippen molar-refractivity contribution < 1.29 is 4.79 Å². The maximum absolute atomic E-state index is 13.4. The van der Waals surface area contributed by atoms with Crippen LogP contribution in [0.3, 0.4) is 0 Å². The van der Waals surface area contributed by atoms with Gasteiger partial charge in [0.05, 0.1) is 11.0 Å². The number of benzene rings is 2. The van der Waals surface area contributed by atoms with E-state index in [-0.39, 0.29) is 5.91 Å². The summed E-state index contributed by atoms with van der Waals surface area (Å²) in [7, 11) is 0. The summed E-state index contributed by atoms with van der Waals surface area (Å²) in [5.74, 6) is 0.521. The zero-order valence-corrected chi connectivity index (χ0v) is 16.3. The van der Waals surface area contributed by atoms with Crippen molar-refractivity contribution in [3.63, 3.8) is 0 Å². The number of carbonyl (C=O) groups is 1. The third-order valence-electron chi connectivity index (χ3n) is 5.80. The molecule has 1 saturated carbocycles. The number of hydrogen-bond donors (Lipinski definition) is 0. The first-order valence-electron chi connectivity index (χ1n) is 10.3. The molecule has 0 bridgehead atoms. The molecule has 0 spiro atoms. The predicted octanol–water partition coefficient (Wildman–Crippen LogP) is 5.41. The summed E-state index contributed by atoms with van der Waals surface area (Å²) in [5, 5.41) is 0. The molecule has 5 nitrogen and oxygen atoms in total. The zero-order valence-electron chi connectivity index (χ0n) is 16.3.